The molecule has 2 atom stereocenters. The van der Waals surface area contributed by atoms with E-state index in [1.807, 2.05) is 12.3 Å². The molecule has 4 heteroatoms. The largest absolute Gasteiger partial charge is 0.355 e. The molecule has 1 aliphatic carbocycles. The van der Waals surface area contributed by atoms with Crippen LogP contribution in [0.5, 0.6) is 0 Å². The quantitative estimate of drug-likeness (QED) is 0.748. The number of halogens is 2. The number of piperidine rings is 1. The molecule has 0 amide bonds. The van der Waals surface area contributed by atoms with Gasteiger partial charge in [0.25, 0.3) is 0 Å². The smallest absolute Gasteiger partial charge is 0.147 e. The SMILES string of the molecule is ClCc1cnc(N2CCC3CCCCC3C2)c(Cl)c1. The van der Waals surface area contributed by atoms with E-state index in [9.17, 15) is 0 Å². The Labute approximate surface area is 125 Å². The lowest BCUT2D eigenvalue weighted by atomic mass is 9.75. The van der Waals surface area contributed by atoms with E-state index in [1.54, 1.807) is 0 Å². The Morgan fingerprint density at radius 2 is 2.00 bits per heavy atom. The lowest BCUT2D eigenvalue weighted by molar-refractivity contribution is 0.202. The molecule has 1 aliphatic heterocycles. The van der Waals surface area contributed by atoms with Gasteiger partial charge >= 0.3 is 0 Å². The molecule has 0 aromatic carbocycles. The fourth-order valence-corrected chi connectivity index (χ4v) is 4.02. The van der Waals surface area contributed by atoms with E-state index < -0.39 is 0 Å². The van der Waals surface area contributed by atoms with Gasteiger partial charge in [0.2, 0.25) is 0 Å². The number of hydrogen-bond donors (Lipinski definition) is 0. The number of aromatic nitrogens is 1. The molecule has 1 aromatic heterocycles. The van der Waals surface area contributed by atoms with E-state index in [1.165, 1.54) is 32.1 Å². The first-order chi connectivity index (χ1) is 9.28. The molecule has 1 aromatic rings. The van der Waals surface area contributed by atoms with Gasteiger partial charge in [0, 0.05) is 25.2 Å². The first-order valence-corrected chi connectivity index (χ1v) is 8.14. The van der Waals surface area contributed by atoms with Gasteiger partial charge in [-0.05, 0) is 36.3 Å². The van der Waals surface area contributed by atoms with Crippen molar-refractivity contribution in [1.29, 1.82) is 0 Å². The number of rotatable bonds is 2. The van der Waals surface area contributed by atoms with Crippen molar-refractivity contribution < 1.29 is 0 Å². The minimum absolute atomic E-state index is 0.470. The second-order valence-electron chi connectivity index (χ2n) is 5.82. The van der Waals surface area contributed by atoms with Gasteiger partial charge < -0.3 is 4.90 Å². The Morgan fingerprint density at radius 3 is 2.74 bits per heavy atom. The van der Waals surface area contributed by atoms with E-state index in [-0.39, 0.29) is 0 Å². The summed E-state index contributed by atoms with van der Waals surface area (Å²) in [5.74, 6) is 3.19. The van der Waals surface area contributed by atoms with Gasteiger partial charge in [-0.2, -0.15) is 0 Å². The predicted molar refractivity (Wildman–Crippen MR) is 81.1 cm³/mol. The molecule has 3 rings (SSSR count). The lowest BCUT2D eigenvalue weighted by Crippen LogP contribution is -2.42. The van der Waals surface area contributed by atoms with Crippen LogP contribution in [0.1, 0.15) is 37.7 Å². The van der Waals surface area contributed by atoms with Crippen LogP contribution in [0.4, 0.5) is 5.82 Å². The van der Waals surface area contributed by atoms with Crippen LogP contribution in [0.15, 0.2) is 12.3 Å². The maximum Gasteiger partial charge on any atom is 0.147 e. The Bertz CT molecular complexity index is 450. The topological polar surface area (TPSA) is 16.1 Å². The van der Waals surface area contributed by atoms with Crippen molar-refractivity contribution in [2.75, 3.05) is 18.0 Å². The molecule has 0 bridgehead atoms. The molecular weight excluding hydrogens is 279 g/mol. The summed E-state index contributed by atoms with van der Waals surface area (Å²) in [7, 11) is 0. The number of anilines is 1. The third kappa shape index (κ3) is 2.85. The highest BCUT2D eigenvalue weighted by atomic mass is 35.5. The highest BCUT2D eigenvalue weighted by Crippen LogP contribution is 2.38. The van der Waals surface area contributed by atoms with Crippen molar-refractivity contribution in [3.8, 4) is 0 Å². The summed E-state index contributed by atoms with van der Waals surface area (Å²) in [6.45, 7) is 2.21. The number of hydrogen-bond acceptors (Lipinski definition) is 2. The standard InChI is InChI=1S/C15H20Cl2N2/c16-8-11-7-14(17)15(18-9-11)19-6-5-12-3-1-2-4-13(12)10-19/h7,9,12-13H,1-6,8,10H2. The first kappa shape index (κ1) is 13.5. The zero-order valence-corrected chi connectivity index (χ0v) is 12.6. The molecule has 2 aliphatic rings. The summed E-state index contributed by atoms with van der Waals surface area (Å²) in [5.41, 5.74) is 0.989. The first-order valence-electron chi connectivity index (χ1n) is 7.23. The fraction of sp³-hybridized carbons (Fsp3) is 0.667. The van der Waals surface area contributed by atoms with E-state index in [2.05, 4.69) is 9.88 Å². The average molecular weight is 299 g/mol. The van der Waals surface area contributed by atoms with Crippen LogP contribution in [0.3, 0.4) is 0 Å². The number of pyridine rings is 1. The lowest BCUT2D eigenvalue weighted by Gasteiger charge is -2.42. The second kappa shape index (κ2) is 5.88. The molecule has 0 radical (unpaired) electrons. The Morgan fingerprint density at radius 1 is 1.21 bits per heavy atom. The minimum Gasteiger partial charge on any atom is -0.355 e. The molecule has 104 valence electrons. The average Bonchev–Trinajstić information content (AvgIpc) is 2.46. The van der Waals surface area contributed by atoms with Gasteiger partial charge in [0.05, 0.1) is 5.02 Å². The summed E-state index contributed by atoms with van der Waals surface area (Å²) in [6.07, 6.45) is 8.75. The van der Waals surface area contributed by atoms with Gasteiger partial charge in [-0.3, -0.25) is 0 Å². The number of alkyl halides is 1. The molecule has 2 heterocycles. The molecule has 2 unspecified atom stereocenters. The predicted octanol–water partition coefficient (Wildman–Crippen LogP) is 4.49. The third-order valence-electron chi connectivity index (χ3n) is 4.62. The molecule has 0 N–H and O–H groups in total. The van der Waals surface area contributed by atoms with Gasteiger partial charge in [-0.1, -0.05) is 30.9 Å². The molecule has 2 nitrogen and oxygen atoms in total. The van der Waals surface area contributed by atoms with Gasteiger partial charge in [0.15, 0.2) is 0 Å². The molecule has 2 fully saturated rings. The van der Waals surface area contributed by atoms with Crippen LogP contribution in [-0.4, -0.2) is 18.1 Å². The summed E-state index contributed by atoms with van der Waals surface area (Å²) in [6, 6.07) is 1.95. The van der Waals surface area contributed by atoms with Crippen molar-refractivity contribution in [2.24, 2.45) is 11.8 Å². The van der Waals surface area contributed by atoms with Gasteiger partial charge in [-0.25, -0.2) is 4.98 Å². The van der Waals surface area contributed by atoms with E-state index in [0.29, 0.717) is 5.88 Å². The van der Waals surface area contributed by atoms with Crippen LogP contribution in [0.2, 0.25) is 5.02 Å². The maximum absolute atomic E-state index is 6.35. The normalized spacial score (nSPS) is 27.2. The van der Waals surface area contributed by atoms with E-state index >= 15 is 0 Å². The maximum atomic E-state index is 6.35. The summed E-state index contributed by atoms with van der Waals surface area (Å²) >= 11 is 12.2. The van der Waals surface area contributed by atoms with Crippen molar-refractivity contribution in [3.63, 3.8) is 0 Å². The van der Waals surface area contributed by atoms with Crippen LogP contribution in [-0.2, 0) is 5.88 Å². The third-order valence-corrected chi connectivity index (χ3v) is 5.21. The Hall–Kier alpha value is -0.470. The van der Waals surface area contributed by atoms with Crippen molar-refractivity contribution in [3.05, 3.63) is 22.8 Å². The zero-order valence-electron chi connectivity index (χ0n) is 11.1. The second-order valence-corrected chi connectivity index (χ2v) is 6.50. The highest BCUT2D eigenvalue weighted by Gasteiger charge is 2.32. The minimum atomic E-state index is 0.470. The summed E-state index contributed by atoms with van der Waals surface area (Å²) in [5, 5.41) is 0.743. The van der Waals surface area contributed by atoms with E-state index in [0.717, 1.165) is 41.3 Å². The van der Waals surface area contributed by atoms with Crippen LogP contribution in [0, 0.1) is 11.8 Å². The van der Waals surface area contributed by atoms with Crippen LogP contribution in [0.25, 0.3) is 0 Å². The molecule has 1 saturated heterocycles. The Kier molecular flexibility index (Phi) is 4.18. The van der Waals surface area contributed by atoms with Crippen molar-refractivity contribution in [2.45, 2.75) is 38.0 Å². The Balaban J connectivity index is 1.75. The number of nitrogens with zero attached hydrogens (tertiary/aromatic N) is 2. The fourth-order valence-electron chi connectivity index (χ4n) is 3.57. The summed E-state index contributed by atoms with van der Waals surface area (Å²) in [4.78, 5) is 6.89. The van der Waals surface area contributed by atoms with Crippen LogP contribution >= 0.6 is 23.2 Å². The highest BCUT2D eigenvalue weighted by molar-refractivity contribution is 6.33. The molecular formula is C15H20Cl2N2. The summed E-state index contributed by atoms with van der Waals surface area (Å²) < 4.78 is 0. The van der Waals surface area contributed by atoms with Crippen molar-refractivity contribution in [1.82, 2.24) is 4.98 Å². The van der Waals surface area contributed by atoms with E-state index in [4.69, 9.17) is 23.2 Å². The molecule has 19 heavy (non-hydrogen) atoms. The zero-order chi connectivity index (χ0) is 13.2. The van der Waals surface area contributed by atoms with Gasteiger partial charge in [-0.15, -0.1) is 11.6 Å². The van der Waals surface area contributed by atoms with Crippen LogP contribution < -0.4 is 4.90 Å². The van der Waals surface area contributed by atoms with Crippen molar-refractivity contribution >= 4 is 29.0 Å². The monoisotopic (exact) mass is 298 g/mol. The number of fused-ring (bicyclic) bond motifs is 1. The molecule has 0 spiro atoms. The van der Waals surface area contributed by atoms with Gasteiger partial charge in [0.1, 0.15) is 5.82 Å². The molecule has 1 saturated carbocycles.